The van der Waals surface area contributed by atoms with Gasteiger partial charge in [-0.15, -0.1) is 0 Å². The van der Waals surface area contributed by atoms with Gasteiger partial charge in [0.05, 0.1) is 24.5 Å². The smallest absolute Gasteiger partial charge is 0.309 e. The molecule has 1 saturated heterocycles. The van der Waals surface area contributed by atoms with Crippen molar-refractivity contribution in [2.24, 2.45) is 5.92 Å². The highest BCUT2D eigenvalue weighted by atomic mass is 32.2. The lowest BCUT2D eigenvalue weighted by Crippen LogP contribution is -2.52. The Bertz CT molecular complexity index is 929. The molecule has 1 amide bonds. The molecule has 0 aliphatic carbocycles. The molecule has 0 aromatic heterocycles. The average Bonchev–Trinajstić information content (AvgIpc) is 2.82. The summed E-state index contributed by atoms with van der Waals surface area (Å²) in [5.41, 5.74) is 0. The van der Waals surface area contributed by atoms with Gasteiger partial charge < -0.3 is 19.1 Å². The molecule has 0 bridgehead atoms. The summed E-state index contributed by atoms with van der Waals surface area (Å²) < 4.78 is 43.2. The van der Waals surface area contributed by atoms with Gasteiger partial charge in [0.25, 0.3) is 0 Å². The van der Waals surface area contributed by atoms with Crippen molar-refractivity contribution >= 4 is 21.9 Å². The van der Waals surface area contributed by atoms with Crippen LogP contribution in [-0.4, -0.2) is 101 Å². The van der Waals surface area contributed by atoms with E-state index in [2.05, 4.69) is 0 Å². The minimum Gasteiger partial charge on any atom is -0.486 e. The van der Waals surface area contributed by atoms with Crippen molar-refractivity contribution in [3.05, 3.63) is 18.2 Å². The Balaban J connectivity index is 1.57. The SMILES string of the molecule is CCN(CC(=O)N1CCN(S(=O)(=O)c2ccc3c(c2)OCCO3)CC1)CC(C)C(=O)OC. The fourth-order valence-electron chi connectivity index (χ4n) is 3.77. The fraction of sp³-hybridized carbons (Fsp3) is 0.619. The molecule has 1 fully saturated rings. The number of sulfonamides is 1. The van der Waals surface area contributed by atoms with Gasteiger partial charge in [0.1, 0.15) is 13.2 Å². The number of rotatable bonds is 8. The predicted molar refractivity (Wildman–Crippen MR) is 116 cm³/mol. The van der Waals surface area contributed by atoms with Crippen LogP contribution in [0.25, 0.3) is 0 Å². The van der Waals surface area contributed by atoms with Gasteiger partial charge in [-0.05, 0) is 18.7 Å². The molecule has 2 aliphatic heterocycles. The number of methoxy groups -OCH3 is 1. The van der Waals surface area contributed by atoms with Crippen LogP contribution in [-0.2, 0) is 24.3 Å². The van der Waals surface area contributed by atoms with Crippen LogP contribution in [0.5, 0.6) is 11.5 Å². The summed E-state index contributed by atoms with van der Waals surface area (Å²) in [4.78, 5) is 28.1. The van der Waals surface area contributed by atoms with Crippen LogP contribution in [0.3, 0.4) is 0 Å². The molecule has 3 rings (SSSR count). The molecule has 0 spiro atoms. The third-order valence-corrected chi connectivity index (χ3v) is 7.58. The van der Waals surface area contributed by atoms with Crippen molar-refractivity contribution in [3.8, 4) is 11.5 Å². The molecule has 1 unspecified atom stereocenters. The monoisotopic (exact) mass is 469 g/mol. The van der Waals surface area contributed by atoms with Crippen molar-refractivity contribution in [1.29, 1.82) is 0 Å². The maximum Gasteiger partial charge on any atom is 0.309 e. The number of carbonyl (C=O) groups excluding carboxylic acids is 2. The first-order valence-corrected chi connectivity index (χ1v) is 12.2. The maximum absolute atomic E-state index is 13.1. The highest BCUT2D eigenvalue weighted by Gasteiger charge is 2.31. The van der Waals surface area contributed by atoms with Gasteiger partial charge in [-0.1, -0.05) is 13.8 Å². The second-order valence-corrected chi connectivity index (χ2v) is 9.78. The first-order chi connectivity index (χ1) is 15.3. The van der Waals surface area contributed by atoms with Crippen LogP contribution < -0.4 is 9.47 Å². The molecule has 11 heteroatoms. The Morgan fingerprint density at radius 2 is 1.78 bits per heavy atom. The van der Waals surface area contributed by atoms with Crippen LogP contribution in [0, 0.1) is 5.92 Å². The fourth-order valence-corrected chi connectivity index (χ4v) is 5.21. The number of amides is 1. The van der Waals surface area contributed by atoms with Crippen LogP contribution in [0.15, 0.2) is 23.1 Å². The number of nitrogens with zero attached hydrogens (tertiary/aromatic N) is 3. The van der Waals surface area contributed by atoms with E-state index in [1.54, 1.807) is 17.9 Å². The predicted octanol–water partition coefficient (Wildman–Crippen LogP) is 0.422. The standard InChI is InChI=1S/C21H31N3O7S/c1-4-22(14-16(2)21(26)29-3)15-20(25)23-7-9-24(10-8-23)32(27,28)17-5-6-18-19(13-17)31-12-11-30-18/h5-6,13,16H,4,7-12,14-15H2,1-3H3. The summed E-state index contributed by atoms with van der Waals surface area (Å²) >= 11 is 0. The largest absolute Gasteiger partial charge is 0.486 e. The zero-order valence-corrected chi connectivity index (χ0v) is 19.6. The van der Waals surface area contributed by atoms with E-state index in [1.807, 2.05) is 11.8 Å². The lowest BCUT2D eigenvalue weighted by Gasteiger charge is -2.35. The maximum atomic E-state index is 13.1. The summed E-state index contributed by atoms with van der Waals surface area (Å²) in [7, 11) is -2.36. The number of fused-ring (bicyclic) bond motifs is 1. The summed E-state index contributed by atoms with van der Waals surface area (Å²) in [6.07, 6.45) is 0. The Hall–Kier alpha value is -2.37. The number of esters is 1. The number of piperazine rings is 1. The minimum atomic E-state index is -3.70. The van der Waals surface area contributed by atoms with E-state index in [0.29, 0.717) is 50.9 Å². The van der Waals surface area contributed by atoms with Gasteiger partial charge >= 0.3 is 5.97 Å². The van der Waals surface area contributed by atoms with E-state index in [9.17, 15) is 18.0 Å². The van der Waals surface area contributed by atoms with Crippen LogP contribution in [0.1, 0.15) is 13.8 Å². The number of ether oxygens (including phenoxy) is 3. The minimum absolute atomic E-state index is 0.0831. The normalized spacial score (nSPS) is 17.8. The first kappa shape index (κ1) is 24.3. The molecule has 0 saturated carbocycles. The van der Waals surface area contributed by atoms with Gasteiger partial charge in [-0.3, -0.25) is 14.5 Å². The number of likely N-dealkylation sites (N-methyl/N-ethyl adjacent to an activating group) is 1. The second-order valence-electron chi connectivity index (χ2n) is 7.84. The summed E-state index contributed by atoms with van der Waals surface area (Å²) in [5, 5.41) is 0. The Morgan fingerprint density at radius 3 is 2.41 bits per heavy atom. The molecule has 1 aromatic rings. The molecule has 32 heavy (non-hydrogen) atoms. The Kier molecular flexibility index (Phi) is 7.96. The van der Waals surface area contributed by atoms with Crippen molar-refractivity contribution in [3.63, 3.8) is 0 Å². The third kappa shape index (κ3) is 5.51. The van der Waals surface area contributed by atoms with Gasteiger partial charge in [0.15, 0.2) is 11.5 Å². The Morgan fingerprint density at radius 1 is 1.12 bits per heavy atom. The lowest BCUT2D eigenvalue weighted by molar-refractivity contribution is -0.146. The highest BCUT2D eigenvalue weighted by molar-refractivity contribution is 7.89. The van der Waals surface area contributed by atoms with Gasteiger partial charge in [0.2, 0.25) is 15.9 Å². The van der Waals surface area contributed by atoms with E-state index < -0.39 is 10.0 Å². The number of carbonyl (C=O) groups is 2. The zero-order valence-electron chi connectivity index (χ0n) is 18.8. The third-order valence-electron chi connectivity index (χ3n) is 5.68. The van der Waals surface area contributed by atoms with Gasteiger partial charge in [-0.2, -0.15) is 4.31 Å². The zero-order chi connectivity index (χ0) is 23.3. The van der Waals surface area contributed by atoms with Crippen molar-refractivity contribution in [1.82, 2.24) is 14.1 Å². The van der Waals surface area contributed by atoms with Gasteiger partial charge in [0, 0.05) is 38.8 Å². The van der Waals surface area contributed by atoms with E-state index in [-0.39, 0.29) is 42.3 Å². The quantitative estimate of drug-likeness (QED) is 0.505. The van der Waals surface area contributed by atoms with Crippen molar-refractivity contribution < 1.29 is 32.2 Å². The Labute approximate surface area is 189 Å². The number of benzene rings is 1. The molecule has 2 aliphatic rings. The molecule has 1 aromatic carbocycles. The molecule has 1 atom stereocenters. The molecule has 2 heterocycles. The summed E-state index contributed by atoms with van der Waals surface area (Å²) in [6.45, 7) is 6.78. The van der Waals surface area contributed by atoms with E-state index in [1.165, 1.54) is 23.5 Å². The number of hydrogen-bond acceptors (Lipinski definition) is 8. The molecule has 0 radical (unpaired) electrons. The van der Waals surface area contributed by atoms with Crippen molar-refractivity contribution in [2.45, 2.75) is 18.7 Å². The van der Waals surface area contributed by atoms with Crippen molar-refractivity contribution in [2.75, 3.05) is 66.1 Å². The molecule has 10 nitrogen and oxygen atoms in total. The number of hydrogen-bond donors (Lipinski definition) is 0. The van der Waals surface area contributed by atoms with Crippen LogP contribution >= 0.6 is 0 Å². The van der Waals surface area contributed by atoms with E-state index >= 15 is 0 Å². The lowest BCUT2D eigenvalue weighted by atomic mass is 10.1. The molecule has 0 N–H and O–H groups in total. The van der Waals surface area contributed by atoms with E-state index in [4.69, 9.17) is 14.2 Å². The van der Waals surface area contributed by atoms with Crippen LogP contribution in [0.4, 0.5) is 0 Å². The topological polar surface area (TPSA) is 106 Å². The molecular weight excluding hydrogens is 438 g/mol. The average molecular weight is 470 g/mol. The molecule has 178 valence electrons. The molecular formula is C21H31N3O7S. The van der Waals surface area contributed by atoms with Crippen LogP contribution in [0.2, 0.25) is 0 Å². The highest BCUT2D eigenvalue weighted by Crippen LogP contribution is 2.33. The van der Waals surface area contributed by atoms with Gasteiger partial charge in [-0.25, -0.2) is 8.42 Å². The first-order valence-electron chi connectivity index (χ1n) is 10.7. The summed E-state index contributed by atoms with van der Waals surface area (Å²) in [5.74, 6) is 0.231. The summed E-state index contributed by atoms with van der Waals surface area (Å²) in [6, 6.07) is 4.61. The second kappa shape index (κ2) is 10.5. The van der Waals surface area contributed by atoms with E-state index in [0.717, 1.165) is 0 Å².